The molecule has 0 saturated heterocycles. The zero-order valence-corrected chi connectivity index (χ0v) is 18.5. The van der Waals surface area contributed by atoms with Gasteiger partial charge in [-0.05, 0) is 74.0 Å². The van der Waals surface area contributed by atoms with Crippen LogP contribution in [0.5, 0.6) is 0 Å². The SMILES string of the molecule is CC(C)(CCSCCCSCCC(C)(C)Cn1cnnn1)Cn1cnnn1. The smallest absolute Gasteiger partial charge is 0.138 e. The first-order chi connectivity index (χ1) is 12.9. The van der Waals surface area contributed by atoms with E-state index in [4.69, 9.17) is 0 Å². The summed E-state index contributed by atoms with van der Waals surface area (Å²) in [6.45, 7) is 10.9. The van der Waals surface area contributed by atoms with E-state index in [1.54, 1.807) is 12.7 Å². The fourth-order valence-electron chi connectivity index (χ4n) is 2.70. The van der Waals surface area contributed by atoms with Crippen LogP contribution in [0.1, 0.15) is 47.0 Å². The van der Waals surface area contributed by atoms with Crippen molar-refractivity contribution in [3.8, 4) is 0 Å². The average molecular weight is 413 g/mol. The van der Waals surface area contributed by atoms with E-state index in [9.17, 15) is 0 Å². The lowest BCUT2D eigenvalue weighted by molar-refractivity contribution is 0.279. The summed E-state index contributed by atoms with van der Waals surface area (Å²) in [6.07, 6.45) is 7.01. The van der Waals surface area contributed by atoms with Crippen LogP contribution in [0.2, 0.25) is 0 Å². The van der Waals surface area contributed by atoms with Crippen molar-refractivity contribution in [1.82, 2.24) is 40.4 Å². The molecule has 2 aromatic rings. The van der Waals surface area contributed by atoms with Crippen molar-refractivity contribution in [3.63, 3.8) is 0 Å². The fourth-order valence-corrected chi connectivity index (χ4v) is 5.39. The third-order valence-corrected chi connectivity index (χ3v) is 6.53. The number of aromatic nitrogens is 8. The molecule has 0 spiro atoms. The maximum atomic E-state index is 3.96. The minimum absolute atomic E-state index is 0.225. The van der Waals surface area contributed by atoms with Crippen molar-refractivity contribution < 1.29 is 0 Å². The Hall–Kier alpha value is -1.16. The van der Waals surface area contributed by atoms with Gasteiger partial charge in [0.2, 0.25) is 0 Å². The molecule has 0 saturated carbocycles. The van der Waals surface area contributed by atoms with Gasteiger partial charge in [0.05, 0.1) is 0 Å². The molecule has 10 heteroatoms. The third kappa shape index (κ3) is 9.55. The van der Waals surface area contributed by atoms with E-state index in [-0.39, 0.29) is 10.8 Å². The van der Waals surface area contributed by atoms with Gasteiger partial charge in [-0.15, -0.1) is 10.2 Å². The van der Waals surface area contributed by atoms with E-state index in [1.807, 2.05) is 9.36 Å². The first kappa shape index (κ1) is 22.1. The summed E-state index contributed by atoms with van der Waals surface area (Å²) in [5, 5.41) is 22.7. The molecule has 2 rings (SSSR count). The topological polar surface area (TPSA) is 87.2 Å². The molecule has 2 heterocycles. The Balaban J connectivity index is 1.45. The highest BCUT2D eigenvalue weighted by Crippen LogP contribution is 2.26. The molecule has 0 unspecified atom stereocenters. The van der Waals surface area contributed by atoms with E-state index >= 15 is 0 Å². The standard InChI is InChI=1S/C17H32N8S2/c1-16(2,12-24-14-18-20-22-24)6-10-26-8-5-9-27-11-7-17(3,4)13-25-15-19-21-23-25/h14-15H,5-13H2,1-4H3. The van der Waals surface area contributed by atoms with Gasteiger partial charge in [-0.1, -0.05) is 27.7 Å². The van der Waals surface area contributed by atoms with Crippen LogP contribution >= 0.6 is 23.5 Å². The molecule has 0 aromatic carbocycles. The monoisotopic (exact) mass is 412 g/mol. The largest absolute Gasteiger partial charge is 0.232 e. The zero-order chi connectivity index (χ0) is 19.6. The van der Waals surface area contributed by atoms with Crippen molar-refractivity contribution in [2.75, 3.05) is 23.0 Å². The normalized spacial score (nSPS) is 12.6. The van der Waals surface area contributed by atoms with Crippen molar-refractivity contribution in [3.05, 3.63) is 12.7 Å². The Morgan fingerprint density at radius 1 is 0.704 bits per heavy atom. The van der Waals surface area contributed by atoms with Crippen molar-refractivity contribution >= 4 is 23.5 Å². The van der Waals surface area contributed by atoms with Crippen LogP contribution < -0.4 is 0 Å². The number of hydrogen-bond acceptors (Lipinski definition) is 8. The Morgan fingerprint density at radius 3 is 1.52 bits per heavy atom. The van der Waals surface area contributed by atoms with Gasteiger partial charge in [0.25, 0.3) is 0 Å². The van der Waals surface area contributed by atoms with Crippen LogP contribution in [0, 0.1) is 10.8 Å². The Bertz CT molecular complexity index is 559. The first-order valence-corrected chi connectivity index (χ1v) is 11.7. The molecule has 2 aromatic heterocycles. The van der Waals surface area contributed by atoms with E-state index in [1.165, 1.54) is 42.3 Å². The quantitative estimate of drug-likeness (QED) is 0.438. The lowest BCUT2D eigenvalue weighted by Gasteiger charge is -2.23. The third-order valence-electron chi connectivity index (χ3n) is 4.39. The molecule has 0 fully saturated rings. The number of hydrogen-bond donors (Lipinski definition) is 0. The summed E-state index contributed by atoms with van der Waals surface area (Å²) in [6, 6.07) is 0. The highest BCUT2D eigenvalue weighted by Gasteiger charge is 2.20. The minimum atomic E-state index is 0.225. The van der Waals surface area contributed by atoms with Crippen molar-refractivity contribution in [1.29, 1.82) is 0 Å². The number of nitrogens with zero attached hydrogens (tertiary/aromatic N) is 8. The van der Waals surface area contributed by atoms with Crippen LogP contribution in [-0.4, -0.2) is 63.4 Å². The lowest BCUT2D eigenvalue weighted by Crippen LogP contribution is -2.21. The van der Waals surface area contributed by atoms with E-state index in [0.717, 1.165) is 13.1 Å². The first-order valence-electron chi connectivity index (χ1n) is 9.43. The van der Waals surface area contributed by atoms with Gasteiger partial charge in [0, 0.05) is 13.1 Å². The van der Waals surface area contributed by atoms with Gasteiger partial charge in [-0.3, -0.25) is 0 Å². The molecule has 0 atom stereocenters. The number of rotatable bonds is 14. The second-order valence-corrected chi connectivity index (χ2v) is 10.9. The van der Waals surface area contributed by atoms with E-state index in [0.29, 0.717) is 0 Å². The molecule has 152 valence electrons. The molecule has 0 amide bonds. The summed E-state index contributed by atoms with van der Waals surface area (Å²) < 4.78 is 3.64. The van der Waals surface area contributed by atoms with Gasteiger partial charge in [-0.2, -0.15) is 23.5 Å². The number of tetrazole rings is 2. The summed E-state index contributed by atoms with van der Waals surface area (Å²) in [5.74, 6) is 4.86. The summed E-state index contributed by atoms with van der Waals surface area (Å²) >= 11 is 4.12. The average Bonchev–Trinajstić information content (AvgIpc) is 3.26. The minimum Gasteiger partial charge on any atom is -0.232 e. The van der Waals surface area contributed by atoms with Crippen LogP contribution in [0.15, 0.2) is 12.7 Å². The molecule has 0 aliphatic heterocycles. The Labute approximate surface area is 170 Å². The second kappa shape index (κ2) is 11.0. The maximum absolute atomic E-state index is 3.96. The maximum Gasteiger partial charge on any atom is 0.138 e. The predicted octanol–water partition coefficient (Wildman–Crippen LogP) is 3.05. The van der Waals surface area contributed by atoms with Crippen LogP contribution in [0.3, 0.4) is 0 Å². The highest BCUT2D eigenvalue weighted by atomic mass is 32.2. The Kier molecular flexibility index (Phi) is 9.01. The lowest BCUT2D eigenvalue weighted by atomic mass is 9.90. The molecule has 27 heavy (non-hydrogen) atoms. The summed E-state index contributed by atoms with van der Waals surface area (Å²) in [7, 11) is 0. The molecule has 0 aliphatic carbocycles. The fraction of sp³-hybridized carbons (Fsp3) is 0.882. The molecule has 0 aliphatic rings. The van der Waals surface area contributed by atoms with Gasteiger partial charge in [0.15, 0.2) is 0 Å². The summed E-state index contributed by atoms with van der Waals surface area (Å²) in [5.41, 5.74) is 0.449. The van der Waals surface area contributed by atoms with Crippen LogP contribution in [-0.2, 0) is 13.1 Å². The number of thioether (sulfide) groups is 2. The molecular weight excluding hydrogens is 380 g/mol. The molecule has 8 nitrogen and oxygen atoms in total. The van der Waals surface area contributed by atoms with E-state index < -0.39 is 0 Å². The predicted molar refractivity (Wildman–Crippen MR) is 112 cm³/mol. The van der Waals surface area contributed by atoms with Gasteiger partial charge >= 0.3 is 0 Å². The van der Waals surface area contributed by atoms with Crippen molar-refractivity contribution in [2.24, 2.45) is 10.8 Å². The van der Waals surface area contributed by atoms with Gasteiger partial charge in [-0.25, -0.2) is 9.36 Å². The molecule has 0 radical (unpaired) electrons. The van der Waals surface area contributed by atoms with Gasteiger partial charge < -0.3 is 0 Å². The zero-order valence-electron chi connectivity index (χ0n) is 16.9. The van der Waals surface area contributed by atoms with Crippen LogP contribution in [0.25, 0.3) is 0 Å². The Morgan fingerprint density at radius 2 is 1.15 bits per heavy atom. The summed E-state index contributed by atoms with van der Waals surface area (Å²) in [4.78, 5) is 0. The molecular formula is C17H32N8S2. The van der Waals surface area contributed by atoms with Crippen molar-refractivity contribution in [2.45, 2.75) is 60.0 Å². The molecule has 0 N–H and O–H groups in total. The van der Waals surface area contributed by atoms with E-state index in [2.05, 4.69) is 82.3 Å². The van der Waals surface area contributed by atoms with Crippen LogP contribution in [0.4, 0.5) is 0 Å². The highest BCUT2D eigenvalue weighted by molar-refractivity contribution is 8.00. The second-order valence-electron chi connectivity index (χ2n) is 8.42. The van der Waals surface area contributed by atoms with Gasteiger partial charge in [0.1, 0.15) is 12.7 Å². The molecule has 0 bridgehead atoms.